The Hall–Kier alpha value is -2.27. The number of nitrogens with zero attached hydrogens (tertiary/aromatic N) is 2. The number of fused-ring (bicyclic) bond motifs is 1. The van der Waals surface area contributed by atoms with Crippen molar-refractivity contribution in [3.8, 4) is 0 Å². The summed E-state index contributed by atoms with van der Waals surface area (Å²) in [7, 11) is 0. The van der Waals surface area contributed by atoms with Gasteiger partial charge in [0, 0.05) is 24.8 Å². The molecule has 2 heterocycles. The highest BCUT2D eigenvalue weighted by atomic mass is 16.1. The first-order valence-electron chi connectivity index (χ1n) is 5.74. The topological polar surface area (TPSA) is 66.9 Å². The minimum atomic E-state index is -0.162. The molecule has 18 heavy (non-hydrogen) atoms. The van der Waals surface area contributed by atoms with Crippen LogP contribution in [0.15, 0.2) is 36.5 Å². The highest BCUT2D eigenvalue weighted by molar-refractivity contribution is 6.03. The van der Waals surface area contributed by atoms with E-state index in [-0.39, 0.29) is 5.91 Å². The van der Waals surface area contributed by atoms with Crippen LogP contribution in [0.1, 0.15) is 21.5 Å². The van der Waals surface area contributed by atoms with Crippen molar-refractivity contribution in [1.82, 2.24) is 15.5 Å². The van der Waals surface area contributed by atoms with Gasteiger partial charge in [-0.3, -0.25) is 4.79 Å². The molecule has 0 fully saturated rings. The third-order valence-corrected chi connectivity index (χ3v) is 2.91. The molecule has 1 aliphatic heterocycles. The normalized spacial score (nSPS) is 13.1. The van der Waals surface area contributed by atoms with Crippen LogP contribution in [-0.4, -0.2) is 16.1 Å². The summed E-state index contributed by atoms with van der Waals surface area (Å²) in [5.74, 6) is 0.298. The first kappa shape index (κ1) is 10.9. The molecule has 0 saturated heterocycles. The Morgan fingerprint density at radius 2 is 2.11 bits per heavy atom. The average molecular weight is 240 g/mol. The Labute approximate surface area is 104 Å². The van der Waals surface area contributed by atoms with Crippen LogP contribution in [-0.2, 0) is 13.1 Å². The van der Waals surface area contributed by atoms with Crippen molar-refractivity contribution < 1.29 is 4.79 Å². The second kappa shape index (κ2) is 4.54. The molecule has 1 aromatic heterocycles. The largest absolute Gasteiger partial charge is 0.309 e. The molecule has 5 nitrogen and oxygen atoms in total. The van der Waals surface area contributed by atoms with E-state index in [2.05, 4.69) is 20.8 Å². The van der Waals surface area contributed by atoms with E-state index >= 15 is 0 Å². The zero-order valence-electron chi connectivity index (χ0n) is 9.68. The van der Waals surface area contributed by atoms with E-state index < -0.39 is 0 Å². The molecule has 0 saturated carbocycles. The standard InChI is InChI=1S/C13H12N4O/c18-13(16-12-2-1-5-15-17-12)9-3-4-10-7-14-8-11(10)6-9/h1-6,14H,7-8H2,(H,16,17,18). The van der Waals surface area contributed by atoms with Gasteiger partial charge in [-0.1, -0.05) is 6.07 Å². The summed E-state index contributed by atoms with van der Waals surface area (Å²) < 4.78 is 0. The predicted octanol–water partition coefficient (Wildman–Crippen LogP) is 1.33. The molecular formula is C13H12N4O. The molecule has 0 aliphatic carbocycles. The zero-order chi connectivity index (χ0) is 12.4. The summed E-state index contributed by atoms with van der Waals surface area (Å²) in [6.07, 6.45) is 1.57. The van der Waals surface area contributed by atoms with Crippen molar-refractivity contribution >= 4 is 11.7 Å². The second-order valence-electron chi connectivity index (χ2n) is 4.15. The quantitative estimate of drug-likeness (QED) is 0.831. The van der Waals surface area contributed by atoms with Gasteiger partial charge in [0.05, 0.1) is 0 Å². The molecule has 0 spiro atoms. The van der Waals surface area contributed by atoms with Gasteiger partial charge in [0.25, 0.3) is 5.91 Å². The van der Waals surface area contributed by atoms with Crippen molar-refractivity contribution in [2.75, 3.05) is 5.32 Å². The molecule has 2 aromatic rings. The monoisotopic (exact) mass is 240 g/mol. The fourth-order valence-electron chi connectivity index (χ4n) is 1.99. The number of amides is 1. The molecule has 1 aliphatic rings. The Bertz CT molecular complexity index is 583. The third kappa shape index (κ3) is 2.08. The average Bonchev–Trinajstić information content (AvgIpc) is 2.87. The first-order chi connectivity index (χ1) is 8.83. The highest BCUT2D eigenvalue weighted by Crippen LogP contribution is 2.17. The van der Waals surface area contributed by atoms with Gasteiger partial charge in [-0.2, -0.15) is 5.10 Å². The molecule has 1 amide bonds. The summed E-state index contributed by atoms with van der Waals surface area (Å²) in [5.41, 5.74) is 3.08. The molecule has 0 bridgehead atoms. The molecule has 0 atom stereocenters. The predicted molar refractivity (Wildman–Crippen MR) is 67.0 cm³/mol. The van der Waals surface area contributed by atoms with E-state index in [4.69, 9.17) is 0 Å². The van der Waals surface area contributed by atoms with Crippen molar-refractivity contribution in [3.05, 3.63) is 53.2 Å². The van der Waals surface area contributed by atoms with Crippen LogP contribution < -0.4 is 10.6 Å². The maximum absolute atomic E-state index is 12.0. The van der Waals surface area contributed by atoms with E-state index in [9.17, 15) is 4.79 Å². The number of anilines is 1. The molecule has 3 rings (SSSR count). The van der Waals surface area contributed by atoms with Crippen LogP contribution in [0.4, 0.5) is 5.82 Å². The molecule has 0 unspecified atom stereocenters. The van der Waals surface area contributed by atoms with Gasteiger partial charge in [0.1, 0.15) is 0 Å². The van der Waals surface area contributed by atoms with Crippen LogP contribution in [0, 0.1) is 0 Å². The SMILES string of the molecule is O=C(Nc1cccnn1)c1ccc2c(c1)CNC2. The molecule has 0 radical (unpaired) electrons. The van der Waals surface area contributed by atoms with Crippen LogP contribution in [0.5, 0.6) is 0 Å². The number of carbonyl (C=O) groups excluding carboxylic acids is 1. The van der Waals surface area contributed by atoms with Gasteiger partial charge in [-0.25, -0.2) is 0 Å². The van der Waals surface area contributed by atoms with Gasteiger partial charge in [-0.15, -0.1) is 5.10 Å². The molecule has 90 valence electrons. The van der Waals surface area contributed by atoms with Crippen molar-refractivity contribution in [2.45, 2.75) is 13.1 Å². The van der Waals surface area contributed by atoms with Crippen LogP contribution in [0.2, 0.25) is 0 Å². The summed E-state index contributed by atoms with van der Waals surface area (Å²) in [5, 5.41) is 13.5. The van der Waals surface area contributed by atoms with Crippen LogP contribution in [0.3, 0.4) is 0 Å². The lowest BCUT2D eigenvalue weighted by Crippen LogP contribution is -2.13. The number of aromatic nitrogens is 2. The summed E-state index contributed by atoms with van der Waals surface area (Å²) in [6, 6.07) is 9.18. The lowest BCUT2D eigenvalue weighted by atomic mass is 10.1. The Kier molecular flexibility index (Phi) is 2.74. The van der Waals surface area contributed by atoms with Crippen LogP contribution >= 0.6 is 0 Å². The van der Waals surface area contributed by atoms with Crippen molar-refractivity contribution in [1.29, 1.82) is 0 Å². The van der Waals surface area contributed by atoms with Gasteiger partial charge >= 0.3 is 0 Å². The minimum absolute atomic E-state index is 0.162. The zero-order valence-corrected chi connectivity index (χ0v) is 9.68. The maximum Gasteiger partial charge on any atom is 0.256 e. The van der Waals surface area contributed by atoms with Gasteiger partial charge in [-0.05, 0) is 35.4 Å². The second-order valence-corrected chi connectivity index (χ2v) is 4.15. The van der Waals surface area contributed by atoms with Gasteiger partial charge < -0.3 is 10.6 Å². The number of nitrogens with one attached hydrogen (secondary N) is 2. The number of benzene rings is 1. The molecular weight excluding hydrogens is 228 g/mol. The Morgan fingerprint density at radius 1 is 1.22 bits per heavy atom. The number of carbonyl (C=O) groups is 1. The Balaban J connectivity index is 1.81. The smallest absolute Gasteiger partial charge is 0.256 e. The summed E-state index contributed by atoms with van der Waals surface area (Å²) >= 11 is 0. The van der Waals surface area contributed by atoms with Crippen molar-refractivity contribution in [2.24, 2.45) is 0 Å². The summed E-state index contributed by atoms with van der Waals surface area (Å²) in [4.78, 5) is 12.0. The molecule has 1 aromatic carbocycles. The fourth-order valence-corrected chi connectivity index (χ4v) is 1.99. The lowest BCUT2D eigenvalue weighted by Gasteiger charge is -2.05. The minimum Gasteiger partial charge on any atom is -0.309 e. The highest BCUT2D eigenvalue weighted by Gasteiger charge is 2.13. The maximum atomic E-state index is 12.0. The van der Waals surface area contributed by atoms with Crippen molar-refractivity contribution in [3.63, 3.8) is 0 Å². The first-order valence-corrected chi connectivity index (χ1v) is 5.74. The molecule has 2 N–H and O–H groups in total. The van der Waals surface area contributed by atoms with E-state index in [0.29, 0.717) is 11.4 Å². The van der Waals surface area contributed by atoms with E-state index in [1.807, 2.05) is 18.2 Å². The lowest BCUT2D eigenvalue weighted by molar-refractivity contribution is 0.102. The Morgan fingerprint density at radius 3 is 2.94 bits per heavy atom. The van der Waals surface area contributed by atoms with Crippen LogP contribution in [0.25, 0.3) is 0 Å². The van der Waals surface area contributed by atoms with Gasteiger partial charge in [0.2, 0.25) is 0 Å². The number of hydrogen-bond donors (Lipinski definition) is 2. The van der Waals surface area contributed by atoms with E-state index in [0.717, 1.165) is 13.1 Å². The van der Waals surface area contributed by atoms with E-state index in [1.165, 1.54) is 11.1 Å². The number of rotatable bonds is 2. The van der Waals surface area contributed by atoms with Gasteiger partial charge in [0.15, 0.2) is 5.82 Å². The molecule has 5 heteroatoms. The summed E-state index contributed by atoms with van der Waals surface area (Å²) in [6.45, 7) is 1.70. The third-order valence-electron chi connectivity index (χ3n) is 2.91. The number of hydrogen-bond acceptors (Lipinski definition) is 4. The fraction of sp³-hybridized carbons (Fsp3) is 0.154. The van der Waals surface area contributed by atoms with E-state index in [1.54, 1.807) is 18.3 Å².